The molecule has 0 saturated carbocycles. The smallest absolute Gasteiger partial charge is 0.327 e. The molecule has 1 heterocycles. The minimum absolute atomic E-state index is 0.0470. The zero-order valence-electron chi connectivity index (χ0n) is 33.8. The number of carboxylic acid groups (broad SMARTS) is 2. The van der Waals surface area contributed by atoms with Crippen molar-refractivity contribution in [3.63, 3.8) is 0 Å². The lowest BCUT2D eigenvalue weighted by Gasteiger charge is -2.28. The Morgan fingerprint density at radius 3 is 2.17 bits per heavy atom. The summed E-state index contributed by atoms with van der Waals surface area (Å²) in [5, 5.41) is 40.9. The third-order valence-corrected chi connectivity index (χ3v) is 9.80. The van der Waals surface area contributed by atoms with E-state index >= 15 is 0 Å². The van der Waals surface area contributed by atoms with E-state index in [0.29, 0.717) is 12.0 Å². The van der Waals surface area contributed by atoms with Gasteiger partial charge in [-0.05, 0) is 45.1 Å². The molecule has 58 heavy (non-hydrogen) atoms. The summed E-state index contributed by atoms with van der Waals surface area (Å²) in [6.07, 6.45) is 5.22. The van der Waals surface area contributed by atoms with Gasteiger partial charge in [-0.1, -0.05) is 81.0 Å². The fourth-order valence-electron chi connectivity index (χ4n) is 6.10. The number of aliphatic hydroxyl groups is 1. The van der Waals surface area contributed by atoms with E-state index in [0.717, 1.165) is 10.5 Å². The molecule has 5 amide bonds. The third-order valence-electron chi connectivity index (χ3n) is 9.80. The molecular weight excluding hydrogens is 752 g/mol. The van der Waals surface area contributed by atoms with E-state index in [1.807, 2.05) is 43.3 Å². The number of likely N-dealkylation sites (N-methyl/N-ethyl adjacent to an activating group) is 1. The lowest BCUT2D eigenvalue weighted by Crippen LogP contribution is -2.56. The van der Waals surface area contributed by atoms with Crippen molar-refractivity contribution in [1.82, 2.24) is 26.2 Å². The number of nitrogens with one attached hydrogen (secondary N) is 4. The Morgan fingerprint density at radius 1 is 0.948 bits per heavy atom. The van der Waals surface area contributed by atoms with Crippen molar-refractivity contribution in [2.75, 3.05) is 13.6 Å². The number of guanidine groups is 1. The minimum Gasteiger partial charge on any atom is -0.480 e. The Morgan fingerprint density at radius 2 is 1.59 bits per heavy atom. The first-order valence-electron chi connectivity index (χ1n) is 19.0. The third kappa shape index (κ3) is 15.1. The topological polar surface area (TPSA) is 296 Å². The van der Waals surface area contributed by atoms with Gasteiger partial charge in [0.25, 0.3) is 5.91 Å². The van der Waals surface area contributed by atoms with Gasteiger partial charge in [0, 0.05) is 25.9 Å². The molecule has 2 rings (SSSR count). The Balaban J connectivity index is 2.61. The van der Waals surface area contributed by atoms with Gasteiger partial charge in [0.1, 0.15) is 23.8 Å². The van der Waals surface area contributed by atoms with E-state index in [9.17, 15) is 48.9 Å². The van der Waals surface area contributed by atoms with Gasteiger partial charge >= 0.3 is 11.9 Å². The molecule has 1 saturated heterocycles. The van der Waals surface area contributed by atoms with Gasteiger partial charge in [-0.15, -0.1) is 0 Å². The predicted octanol–water partition coefficient (Wildman–Crippen LogP) is 0.319. The maximum absolute atomic E-state index is 14.0. The van der Waals surface area contributed by atoms with Crippen LogP contribution in [0.1, 0.15) is 65.9 Å². The fraction of sp³-hybridized carbons (Fsp3) is 0.500. The van der Waals surface area contributed by atoms with Gasteiger partial charge in [0.15, 0.2) is 5.96 Å². The molecular formula is C40H58N8O10. The number of rotatable bonds is 12. The average molecular weight is 811 g/mol. The van der Waals surface area contributed by atoms with Crippen LogP contribution in [0.2, 0.25) is 0 Å². The predicted molar refractivity (Wildman–Crippen MR) is 215 cm³/mol. The highest BCUT2D eigenvalue weighted by atomic mass is 16.4. The summed E-state index contributed by atoms with van der Waals surface area (Å²) in [5.74, 6) is -10.3. The fourth-order valence-corrected chi connectivity index (χ4v) is 6.10. The number of amides is 5. The largest absolute Gasteiger partial charge is 0.480 e. The summed E-state index contributed by atoms with van der Waals surface area (Å²) >= 11 is 0. The van der Waals surface area contributed by atoms with E-state index in [1.165, 1.54) is 40.0 Å². The lowest BCUT2D eigenvalue weighted by atomic mass is 9.94. The highest BCUT2D eigenvalue weighted by Crippen LogP contribution is 2.17. The number of hydrogen-bond acceptors (Lipinski definition) is 9. The van der Waals surface area contributed by atoms with Gasteiger partial charge in [-0.2, -0.15) is 0 Å². The van der Waals surface area contributed by atoms with Crippen LogP contribution in [0.3, 0.4) is 0 Å². The summed E-state index contributed by atoms with van der Waals surface area (Å²) in [5.41, 5.74) is 12.2. The van der Waals surface area contributed by atoms with Crippen LogP contribution < -0.4 is 32.7 Å². The van der Waals surface area contributed by atoms with Crippen molar-refractivity contribution in [2.24, 2.45) is 34.2 Å². The van der Waals surface area contributed by atoms with Crippen LogP contribution >= 0.6 is 0 Å². The molecule has 1 aromatic carbocycles. The molecule has 318 valence electrons. The van der Waals surface area contributed by atoms with Gasteiger partial charge in [-0.3, -0.25) is 29.0 Å². The Bertz CT molecular complexity index is 1760. The van der Waals surface area contributed by atoms with Crippen LogP contribution in [0.4, 0.5) is 0 Å². The molecule has 0 unspecified atom stereocenters. The van der Waals surface area contributed by atoms with E-state index in [1.54, 1.807) is 13.0 Å². The second-order valence-corrected chi connectivity index (χ2v) is 14.4. The van der Waals surface area contributed by atoms with E-state index < -0.39 is 90.0 Å². The van der Waals surface area contributed by atoms with E-state index in [-0.39, 0.29) is 43.4 Å². The number of nitrogens with two attached hydrogens (primary N) is 2. The molecule has 1 aromatic rings. The summed E-state index contributed by atoms with van der Waals surface area (Å²) in [4.78, 5) is 97.2. The molecule has 0 spiro atoms. The highest BCUT2D eigenvalue weighted by Gasteiger charge is 2.36. The second kappa shape index (κ2) is 23.3. The maximum Gasteiger partial charge on any atom is 0.327 e. The minimum atomic E-state index is -1.81. The molecule has 18 nitrogen and oxygen atoms in total. The first-order valence-corrected chi connectivity index (χ1v) is 19.0. The Kier molecular flexibility index (Phi) is 19.3. The molecule has 0 aromatic heterocycles. The van der Waals surface area contributed by atoms with Crippen LogP contribution in [-0.4, -0.2) is 112 Å². The zero-order valence-corrected chi connectivity index (χ0v) is 33.8. The molecule has 1 fully saturated rings. The van der Waals surface area contributed by atoms with Crippen LogP contribution in [0.25, 0.3) is 0 Å². The lowest BCUT2D eigenvalue weighted by molar-refractivity contribution is -0.146. The van der Waals surface area contributed by atoms with Crippen molar-refractivity contribution < 1.29 is 48.9 Å². The molecule has 0 aliphatic carbocycles. The van der Waals surface area contributed by atoms with Crippen molar-refractivity contribution in [3.8, 4) is 0 Å². The molecule has 8 atom stereocenters. The normalized spacial score (nSPS) is 25.3. The van der Waals surface area contributed by atoms with Crippen LogP contribution in [0.15, 0.2) is 70.9 Å². The maximum atomic E-state index is 14.0. The monoisotopic (exact) mass is 810 g/mol. The summed E-state index contributed by atoms with van der Waals surface area (Å²) in [6.45, 7) is 7.79. The molecule has 0 bridgehead atoms. The number of aliphatic hydroxyl groups excluding tert-OH is 1. The number of aliphatic imine (C=N–C) groups is 1. The van der Waals surface area contributed by atoms with Gasteiger partial charge < -0.3 is 53.0 Å². The summed E-state index contributed by atoms with van der Waals surface area (Å²) in [7, 11) is 1.24. The van der Waals surface area contributed by atoms with Crippen LogP contribution in [-0.2, 0) is 40.0 Å². The van der Waals surface area contributed by atoms with Gasteiger partial charge in [0.05, 0.1) is 24.0 Å². The van der Waals surface area contributed by atoms with Crippen molar-refractivity contribution in [2.45, 2.75) is 97.0 Å². The van der Waals surface area contributed by atoms with Gasteiger partial charge in [-0.25, -0.2) is 9.59 Å². The number of benzene rings is 1. The highest BCUT2D eigenvalue weighted by molar-refractivity contribution is 6.00. The number of nitrogens with zero attached hydrogens (tertiary/aromatic N) is 2. The SMILES string of the molecule is CC=C1C(=O)N[C@@H](C(=O)O)[C@H](C)C(=O)N[C@@H](CCCN=C(N)N)C(=O)N[C@@H](C=CC(C)=C[C@H](C)[C@@H](O)Cc2ccccc2)[C@H](C)C(=O)N[C@@H](C(=O)O)CCC(=O)N1C. The van der Waals surface area contributed by atoms with Crippen molar-refractivity contribution in [3.05, 3.63) is 71.5 Å². The van der Waals surface area contributed by atoms with E-state index in [4.69, 9.17) is 11.5 Å². The standard InChI is InChI=1S/C40H58N8O10/c1-7-30-37(54)47-33(39(57)58)25(5)35(52)45-28(14-11-19-43-40(41)42)36(53)44-27(24(4)34(51)46-29(38(55)56)17-18-32(50)48(30)6)16-15-22(2)20-23(3)31(49)21-26-12-9-8-10-13-26/h7-10,12-13,15-16,20,23-25,27-29,31,33,49H,11,14,17-19,21H2,1-6H3,(H,44,53)(H,45,52)(H,46,51)(H,47,54)(H,55,56)(H,57,58)(H4,41,42,43)/t23-,24-,25-,27-,28-,29+,31-,33+/m0/s1. The first-order chi connectivity index (χ1) is 27.3. The number of carbonyl (C=O) groups excluding carboxylic acids is 5. The summed E-state index contributed by atoms with van der Waals surface area (Å²) in [6, 6.07) is 3.66. The van der Waals surface area contributed by atoms with Crippen LogP contribution in [0, 0.1) is 17.8 Å². The quantitative estimate of drug-likeness (QED) is 0.0454. The molecule has 18 heteroatoms. The first kappa shape index (κ1) is 48.1. The molecule has 0 radical (unpaired) electrons. The molecule has 11 N–H and O–H groups in total. The number of hydrogen-bond donors (Lipinski definition) is 9. The number of allylic oxidation sites excluding steroid dienone is 3. The molecule has 1 aliphatic heterocycles. The summed E-state index contributed by atoms with van der Waals surface area (Å²) < 4.78 is 0. The Hall–Kier alpha value is -6.04. The average Bonchev–Trinajstić information content (AvgIpc) is 3.17. The number of carbonyl (C=O) groups is 7. The van der Waals surface area contributed by atoms with Crippen molar-refractivity contribution >= 4 is 47.4 Å². The number of carboxylic acids is 2. The number of aliphatic carboxylic acids is 2. The van der Waals surface area contributed by atoms with Crippen molar-refractivity contribution in [1.29, 1.82) is 0 Å². The van der Waals surface area contributed by atoms with Gasteiger partial charge in [0.2, 0.25) is 23.6 Å². The molecule has 1 aliphatic rings. The Labute approximate surface area is 338 Å². The zero-order chi connectivity index (χ0) is 43.7. The van der Waals surface area contributed by atoms with Crippen LogP contribution in [0.5, 0.6) is 0 Å². The van der Waals surface area contributed by atoms with E-state index in [2.05, 4.69) is 26.3 Å². The second-order valence-electron chi connectivity index (χ2n) is 14.4.